The molecule has 2 aromatic heterocycles. The van der Waals surface area contributed by atoms with Crippen LogP contribution in [-0.4, -0.2) is 57.5 Å². The maximum Gasteiger partial charge on any atom is 0.308 e. The molecule has 9 heteroatoms. The predicted molar refractivity (Wildman–Crippen MR) is 95.5 cm³/mol. The number of piperidine rings is 1. The molecule has 26 heavy (non-hydrogen) atoms. The first-order valence-electron chi connectivity index (χ1n) is 8.43. The number of likely N-dealkylation sites (tertiary alicyclic amines) is 1. The summed E-state index contributed by atoms with van der Waals surface area (Å²) in [5.41, 5.74) is 0.892. The number of thioether (sulfide) groups is 1. The molecule has 2 aromatic rings. The minimum absolute atomic E-state index is 0.0438. The highest BCUT2D eigenvalue weighted by molar-refractivity contribution is 7.99. The minimum atomic E-state index is -0.187. The Hall–Kier alpha value is -2.29. The summed E-state index contributed by atoms with van der Waals surface area (Å²) in [6, 6.07) is 1.85. The SMILES string of the molecule is COC(=O)C1CCN(C(=O)CSc2nnc(-c3ccoc3C)n2C)CC1. The Balaban J connectivity index is 1.55. The van der Waals surface area contributed by atoms with Gasteiger partial charge in [0.15, 0.2) is 11.0 Å². The predicted octanol–water partition coefficient (Wildman–Crippen LogP) is 1.89. The molecule has 1 saturated heterocycles. The monoisotopic (exact) mass is 378 g/mol. The summed E-state index contributed by atoms with van der Waals surface area (Å²) in [5.74, 6) is 1.54. The smallest absolute Gasteiger partial charge is 0.308 e. The Morgan fingerprint density at radius 3 is 2.69 bits per heavy atom. The van der Waals surface area contributed by atoms with Gasteiger partial charge in [-0.3, -0.25) is 9.59 Å². The van der Waals surface area contributed by atoms with Crippen LogP contribution in [0.4, 0.5) is 0 Å². The molecule has 1 fully saturated rings. The van der Waals surface area contributed by atoms with Crippen molar-refractivity contribution in [3.05, 3.63) is 18.1 Å². The van der Waals surface area contributed by atoms with Gasteiger partial charge in [0.25, 0.3) is 0 Å². The van der Waals surface area contributed by atoms with E-state index in [2.05, 4.69) is 10.2 Å². The van der Waals surface area contributed by atoms with Gasteiger partial charge in [0.2, 0.25) is 5.91 Å². The van der Waals surface area contributed by atoms with E-state index in [-0.39, 0.29) is 17.8 Å². The molecule has 0 N–H and O–H groups in total. The molecule has 0 aliphatic carbocycles. The van der Waals surface area contributed by atoms with Crippen LogP contribution in [0.25, 0.3) is 11.4 Å². The number of hydrogen-bond acceptors (Lipinski definition) is 7. The van der Waals surface area contributed by atoms with Crippen LogP contribution in [0.5, 0.6) is 0 Å². The van der Waals surface area contributed by atoms with Gasteiger partial charge in [-0.05, 0) is 25.8 Å². The maximum absolute atomic E-state index is 12.4. The molecule has 3 heterocycles. The molecule has 0 bridgehead atoms. The van der Waals surface area contributed by atoms with Crippen LogP contribution >= 0.6 is 11.8 Å². The molecule has 1 aliphatic heterocycles. The fourth-order valence-electron chi connectivity index (χ4n) is 3.04. The number of methoxy groups -OCH3 is 1. The first-order valence-corrected chi connectivity index (χ1v) is 9.42. The average Bonchev–Trinajstić information content (AvgIpc) is 3.24. The quantitative estimate of drug-likeness (QED) is 0.579. The summed E-state index contributed by atoms with van der Waals surface area (Å²) >= 11 is 1.36. The largest absolute Gasteiger partial charge is 0.469 e. The molecule has 0 atom stereocenters. The third-order valence-electron chi connectivity index (χ3n) is 4.64. The number of esters is 1. The van der Waals surface area contributed by atoms with Crippen molar-refractivity contribution in [3.63, 3.8) is 0 Å². The Labute approximate surface area is 155 Å². The number of aromatic nitrogens is 3. The van der Waals surface area contributed by atoms with E-state index in [1.807, 2.05) is 24.6 Å². The number of rotatable bonds is 5. The van der Waals surface area contributed by atoms with Crippen molar-refractivity contribution >= 4 is 23.6 Å². The molecule has 1 amide bonds. The second kappa shape index (κ2) is 7.94. The van der Waals surface area contributed by atoms with Crippen LogP contribution in [0.15, 0.2) is 21.9 Å². The van der Waals surface area contributed by atoms with E-state index >= 15 is 0 Å². The molecule has 0 aromatic carbocycles. The van der Waals surface area contributed by atoms with Crippen molar-refractivity contribution in [2.75, 3.05) is 26.0 Å². The highest BCUT2D eigenvalue weighted by Crippen LogP contribution is 2.26. The lowest BCUT2D eigenvalue weighted by Gasteiger charge is -2.30. The number of nitrogens with zero attached hydrogens (tertiary/aromatic N) is 4. The van der Waals surface area contributed by atoms with E-state index in [4.69, 9.17) is 9.15 Å². The molecule has 3 rings (SSSR count). The molecule has 0 saturated carbocycles. The highest BCUT2D eigenvalue weighted by Gasteiger charge is 2.28. The lowest BCUT2D eigenvalue weighted by molar-refractivity contribution is -0.148. The van der Waals surface area contributed by atoms with Gasteiger partial charge in [-0.15, -0.1) is 10.2 Å². The first kappa shape index (κ1) is 18.5. The van der Waals surface area contributed by atoms with Crippen molar-refractivity contribution in [2.45, 2.75) is 24.9 Å². The molecule has 8 nitrogen and oxygen atoms in total. The van der Waals surface area contributed by atoms with Crippen molar-refractivity contribution < 1.29 is 18.7 Å². The lowest BCUT2D eigenvalue weighted by Crippen LogP contribution is -2.41. The summed E-state index contributed by atoms with van der Waals surface area (Å²) in [6.07, 6.45) is 2.92. The third-order valence-corrected chi connectivity index (χ3v) is 5.65. The van der Waals surface area contributed by atoms with E-state index in [0.29, 0.717) is 42.7 Å². The van der Waals surface area contributed by atoms with E-state index in [1.165, 1.54) is 18.9 Å². The first-order chi connectivity index (χ1) is 12.5. The molecule has 0 radical (unpaired) electrons. The molecule has 0 unspecified atom stereocenters. The van der Waals surface area contributed by atoms with E-state index in [0.717, 1.165) is 11.3 Å². The van der Waals surface area contributed by atoms with Crippen molar-refractivity contribution in [1.82, 2.24) is 19.7 Å². The minimum Gasteiger partial charge on any atom is -0.469 e. The summed E-state index contributed by atoms with van der Waals surface area (Å²) in [6.45, 7) is 3.03. The van der Waals surface area contributed by atoms with Gasteiger partial charge in [0.05, 0.1) is 30.6 Å². The van der Waals surface area contributed by atoms with E-state index in [1.54, 1.807) is 11.2 Å². The normalized spacial score (nSPS) is 15.3. The zero-order chi connectivity index (χ0) is 18.7. The molecular weight excluding hydrogens is 356 g/mol. The van der Waals surface area contributed by atoms with Crippen LogP contribution in [0.3, 0.4) is 0 Å². The number of ether oxygens (including phenoxy) is 1. The van der Waals surface area contributed by atoms with Gasteiger partial charge in [0, 0.05) is 20.1 Å². The highest BCUT2D eigenvalue weighted by atomic mass is 32.2. The van der Waals surface area contributed by atoms with Gasteiger partial charge in [-0.2, -0.15) is 0 Å². The topological polar surface area (TPSA) is 90.5 Å². The Morgan fingerprint density at radius 2 is 2.08 bits per heavy atom. The van der Waals surface area contributed by atoms with Gasteiger partial charge in [0.1, 0.15) is 5.76 Å². The van der Waals surface area contributed by atoms with Crippen LogP contribution in [0.1, 0.15) is 18.6 Å². The summed E-state index contributed by atoms with van der Waals surface area (Å²) in [5, 5.41) is 9.06. The summed E-state index contributed by atoms with van der Waals surface area (Å²) in [4.78, 5) is 25.8. The molecule has 1 aliphatic rings. The van der Waals surface area contributed by atoms with Crippen molar-refractivity contribution in [1.29, 1.82) is 0 Å². The van der Waals surface area contributed by atoms with Crippen molar-refractivity contribution in [3.8, 4) is 11.4 Å². The van der Waals surface area contributed by atoms with Crippen LogP contribution in [0.2, 0.25) is 0 Å². The Kier molecular flexibility index (Phi) is 5.65. The van der Waals surface area contributed by atoms with E-state index in [9.17, 15) is 9.59 Å². The fourth-order valence-corrected chi connectivity index (χ4v) is 3.85. The number of carbonyl (C=O) groups excluding carboxylic acids is 2. The number of aryl methyl sites for hydroxylation is 1. The fraction of sp³-hybridized carbons (Fsp3) is 0.529. The Bertz CT molecular complexity index is 793. The van der Waals surface area contributed by atoms with Gasteiger partial charge in [-0.1, -0.05) is 11.8 Å². The van der Waals surface area contributed by atoms with Crippen LogP contribution in [0, 0.1) is 12.8 Å². The molecule has 0 spiro atoms. The third kappa shape index (κ3) is 3.77. The van der Waals surface area contributed by atoms with Gasteiger partial charge in [-0.25, -0.2) is 0 Å². The maximum atomic E-state index is 12.4. The second-order valence-electron chi connectivity index (χ2n) is 6.22. The summed E-state index contributed by atoms with van der Waals surface area (Å²) < 4.78 is 11.9. The van der Waals surface area contributed by atoms with Gasteiger partial charge >= 0.3 is 5.97 Å². The van der Waals surface area contributed by atoms with Crippen LogP contribution < -0.4 is 0 Å². The Morgan fingerprint density at radius 1 is 1.35 bits per heavy atom. The van der Waals surface area contributed by atoms with Crippen LogP contribution in [-0.2, 0) is 21.4 Å². The second-order valence-corrected chi connectivity index (χ2v) is 7.17. The molecular formula is C17H22N4O4S. The summed E-state index contributed by atoms with van der Waals surface area (Å²) in [7, 11) is 3.27. The zero-order valence-electron chi connectivity index (χ0n) is 15.1. The number of furan rings is 1. The van der Waals surface area contributed by atoms with Crippen molar-refractivity contribution in [2.24, 2.45) is 13.0 Å². The number of hydrogen-bond donors (Lipinski definition) is 0. The number of carbonyl (C=O) groups is 2. The standard InChI is InChI=1S/C17H22N4O4S/c1-11-13(6-9-25-11)15-18-19-17(20(15)2)26-10-14(22)21-7-4-12(5-8-21)16(23)24-3/h6,9,12H,4-5,7-8,10H2,1-3H3. The van der Waals surface area contributed by atoms with E-state index < -0.39 is 0 Å². The molecule has 140 valence electrons. The average molecular weight is 378 g/mol. The lowest BCUT2D eigenvalue weighted by atomic mass is 9.97. The number of amides is 1. The van der Waals surface area contributed by atoms with Gasteiger partial charge < -0.3 is 18.6 Å². The zero-order valence-corrected chi connectivity index (χ0v) is 15.9.